The van der Waals surface area contributed by atoms with Crippen molar-refractivity contribution >= 4 is 21.7 Å². The highest BCUT2D eigenvalue weighted by molar-refractivity contribution is 6.08. The summed E-state index contributed by atoms with van der Waals surface area (Å²) in [4.78, 5) is 4.31. The lowest BCUT2D eigenvalue weighted by Crippen LogP contribution is -1.81. The largest absolute Gasteiger partial charge is 0.507 e. The number of phenols is 1. The third-order valence-corrected chi connectivity index (χ3v) is 2.59. The molecule has 0 saturated heterocycles. The molecule has 2 heteroatoms. The van der Waals surface area contributed by atoms with Gasteiger partial charge in [-0.1, -0.05) is 30.3 Å². The minimum absolute atomic E-state index is 0.289. The van der Waals surface area contributed by atoms with E-state index >= 15 is 0 Å². The van der Waals surface area contributed by atoms with E-state index < -0.39 is 0 Å². The van der Waals surface area contributed by atoms with Crippen molar-refractivity contribution in [3.8, 4) is 5.75 Å². The highest BCUT2D eigenvalue weighted by atomic mass is 16.3. The minimum Gasteiger partial charge on any atom is -0.507 e. The number of nitrogens with zero attached hydrogens (tertiary/aromatic N) is 1. The third-order valence-electron chi connectivity index (χ3n) is 2.59. The van der Waals surface area contributed by atoms with Gasteiger partial charge in [0.05, 0.1) is 5.52 Å². The van der Waals surface area contributed by atoms with Crippen LogP contribution in [0.25, 0.3) is 21.7 Å². The van der Waals surface area contributed by atoms with Crippen LogP contribution in [0.3, 0.4) is 0 Å². The molecule has 2 aromatic carbocycles. The number of aromatic hydroxyl groups is 1. The van der Waals surface area contributed by atoms with Crippen LogP contribution < -0.4 is 0 Å². The molecule has 0 aliphatic rings. The van der Waals surface area contributed by atoms with Crippen LogP contribution in [0.5, 0.6) is 5.75 Å². The molecule has 0 fully saturated rings. The Morgan fingerprint density at radius 3 is 2.73 bits per heavy atom. The van der Waals surface area contributed by atoms with Crippen LogP contribution in [0.2, 0.25) is 0 Å². The van der Waals surface area contributed by atoms with E-state index in [2.05, 4.69) is 4.98 Å². The summed E-state index contributed by atoms with van der Waals surface area (Å²) in [5.41, 5.74) is 0.828. The molecule has 3 rings (SSSR count). The van der Waals surface area contributed by atoms with Crippen molar-refractivity contribution in [2.24, 2.45) is 0 Å². The molecule has 0 bridgehead atoms. The van der Waals surface area contributed by atoms with Crippen LogP contribution in [-0.4, -0.2) is 10.1 Å². The molecule has 0 unspecified atom stereocenters. The predicted octanol–water partition coefficient (Wildman–Crippen LogP) is 3.09. The van der Waals surface area contributed by atoms with Crippen molar-refractivity contribution in [1.29, 1.82) is 0 Å². The van der Waals surface area contributed by atoms with Crippen molar-refractivity contribution < 1.29 is 5.11 Å². The Kier molecular flexibility index (Phi) is 1.62. The smallest absolute Gasteiger partial charge is 0.125 e. The van der Waals surface area contributed by atoms with Gasteiger partial charge in [-0.05, 0) is 17.5 Å². The first kappa shape index (κ1) is 8.24. The van der Waals surface area contributed by atoms with Crippen LogP contribution in [0.4, 0.5) is 0 Å². The minimum atomic E-state index is 0.289. The molecule has 0 saturated carbocycles. The van der Waals surface area contributed by atoms with E-state index in [0.717, 1.165) is 21.7 Å². The number of hydrogen-bond acceptors (Lipinski definition) is 2. The summed E-state index contributed by atoms with van der Waals surface area (Å²) >= 11 is 0. The Bertz CT molecular complexity index is 646. The van der Waals surface area contributed by atoms with E-state index in [1.165, 1.54) is 0 Å². The number of phenolic OH excluding ortho intramolecular Hbond substituents is 1. The van der Waals surface area contributed by atoms with E-state index in [1.54, 1.807) is 12.1 Å². The van der Waals surface area contributed by atoms with Gasteiger partial charge in [0.2, 0.25) is 0 Å². The Morgan fingerprint density at radius 2 is 1.80 bits per heavy atom. The predicted molar refractivity (Wildman–Crippen MR) is 60.9 cm³/mol. The summed E-state index contributed by atoms with van der Waals surface area (Å²) in [6, 6.07) is 13.3. The van der Waals surface area contributed by atoms with Gasteiger partial charge in [-0.3, -0.25) is 4.98 Å². The highest BCUT2D eigenvalue weighted by Crippen LogP contribution is 2.30. The summed E-state index contributed by atoms with van der Waals surface area (Å²) in [5.74, 6) is 0.289. The Labute approximate surface area is 86.8 Å². The van der Waals surface area contributed by atoms with Crippen molar-refractivity contribution in [2.45, 2.75) is 0 Å². The highest BCUT2D eigenvalue weighted by Gasteiger charge is 2.04. The third kappa shape index (κ3) is 1.15. The Morgan fingerprint density at radius 1 is 0.933 bits per heavy atom. The molecule has 0 amide bonds. The normalized spacial score (nSPS) is 10.9. The average Bonchev–Trinajstić information content (AvgIpc) is 2.29. The quantitative estimate of drug-likeness (QED) is 0.559. The average molecular weight is 195 g/mol. The zero-order valence-electron chi connectivity index (χ0n) is 8.01. The van der Waals surface area contributed by atoms with E-state index in [0.29, 0.717) is 0 Å². The number of pyridine rings is 1. The first-order valence-electron chi connectivity index (χ1n) is 4.82. The summed E-state index contributed by atoms with van der Waals surface area (Å²) in [7, 11) is 0. The van der Waals surface area contributed by atoms with Gasteiger partial charge in [0.25, 0.3) is 0 Å². The molecular formula is C13H9NO. The monoisotopic (exact) mass is 195 g/mol. The number of rotatable bonds is 0. The Balaban J connectivity index is 2.64. The van der Waals surface area contributed by atoms with E-state index in [1.807, 2.05) is 36.5 Å². The van der Waals surface area contributed by atoms with E-state index in [-0.39, 0.29) is 5.75 Å². The second kappa shape index (κ2) is 2.95. The molecule has 1 aromatic heterocycles. The zero-order chi connectivity index (χ0) is 10.3. The van der Waals surface area contributed by atoms with Crippen molar-refractivity contribution in [3.05, 3.63) is 48.7 Å². The summed E-state index contributed by atoms with van der Waals surface area (Å²) in [6.45, 7) is 0. The summed E-state index contributed by atoms with van der Waals surface area (Å²) in [5, 5.41) is 12.7. The van der Waals surface area contributed by atoms with Gasteiger partial charge in [0, 0.05) is 17.0 Å². The molecule has 1 N–H and O–H groups in total. The second-order valence-corrected chi connectivity index (χ2v) is 3.52. The number of fused-ring (bicyclic) bond motifs is 3. The molecule has 72 valence electrons. The molecule has 2 nitrogen and oxygen atoms in total. The van der Waals surface area contributed by atoms with Gasteiger partial charge in [0.15, 0.2) is 0 Å². The van der Waals surface area contributed by atoms with Gasteiger partial charge in [-0.15, -0.1) is 0 Å². The fourth-order valence-electron chi connectivity index (χ4n) is 1.89. The van der Waals surface area contributed by atoms with Crippen molar-refractivity contribution in [1.82, 2.24) is 4.98 Å². The SMILES string of the molecule is Oc1cccc2ncc3ccccc3c12. The maximum absolute atomic E-state index is 9.83. The van der Waals surface area contributed by atoms with Gasteiger partial charge in [0.1, 0.15) is 5.75 Å². The lowest BCUT2D eigenvalue weighted by Gasteiger charge is -2.04. The lowest BCUT2D eigenvalue weighted by atomic mass is 10.1. The van der Waals surface area contributed by atoms with Gasteiger partial charge >= 0.3 is 0 Å². The number of aromatic nitrogens is 1. The molecule has 1 heterocycles. The zero-order valence-corrected chi connectivity index (χ0v) is 8.01. The van der Waals surface area contributed by atoms with E-state index in [9.17, 15) is 5.11 Å². The van der Waals surface area contributed by atoms with Crippen molar-refractivity contribution in [3.63, 3.8) is 0 Å². The van der Waals surface area contributed by atoms with Gasteiger partial charge in [-0.25, -0.2) is 0 Å². The first-order chi connectivity index (χ1) is 7.36. The van der Waals surface area contributed by atoms with Gasteiger partial charge < -0.3 is 5.11 Å². The number of hydrogen-bond donors (Lipinski definition) is 1. The Hall–Kier alpha value is -2.09. The fourth-order valence-corrected chi connectivity index (χ4v) is 1.89. The van der Waals surface area contributed by atoms with E-state index in [4.69, 9.17) is 0 Å². The molecule has 0 aliphatic carbocycles. The first-order valence-corrected chi connectivity index (χ1v) is 4.82. The molecule has 15 heavy (non-hydrogen) atoms. The van der Waals surface area contributed by atoms with Crippen LogP contribution >= 0.6 is 0 Å². The summed E-state index contributed by atoms with van der Waals surface area (Å²) in [6.07, 6.45) is 1.83. The topological polar surface area (TPSA) is 33.1 Å². The lowest BCUT2D eigenvalue weighted by molar-refractivity contribution is 0.482. The molecule has 0 atom stereocenters. The molecular weight excluding hydrogens is 186 g/mol. The molecule has 0 spiro atoms. The molecule has 3 aromatic rings. The maximum Gasteiger partial charge on any atom is 0.125 e. The summed E-state index contributed by atoms with van der Waals surface area (Å²) < 4.78 is 0. The number of benzene rings is 2. The standard InChI is InChI=1S/C13H9NO/c15-12-7-3-6-11-13(12)10-5-2-1-4-9(10)8-14-11/h1-8,15H. The molecule has 0 radical (unpaired) electrons. The van der Waals surface area contributed by atoms with Gasteiger partial charge in [-0.2, -0.15) is 0 Å². The maximum atomic E-state index is 9.83. The van der Waals surface area contributed by atoms with Crippen LogP contribution in [0.1, 0.15) is 0 Å². The molecule has 0 aliphatic heterocycles. The van der Waals surface area contributed by atoms with Crippen LogP contribution in [0, 0.1) is 0 Å². The van der Waals surface area contributed by atoms with Crippen LogP contribution in [-0.2, 0) is 0 Å². The second-order valence-electron chi connectivity index (χ2n) is 3.52. The fraction of sp³-hybridized carbons (Fsp3) is 0. The van der Waals surface area contributed by atoms with Crippen LogP contribution in [0.15, 0.2) is 48.7 Å². The van der Waals surface area contributed by atoms with Crippen molar-refractivity contribution in [2.75, 3.05) is 0 Å².